The summed E-state index contributed by atoms with van der Waals surface area (Å²) in [5, 5.41) is 0. The van der Waals surface area contributed by atoms with E-state index in [-0.39, 0.29) is 18.0 Å². The van der Waals surface area contributed by atoms with E-state index in [0.717, 1.165) is 38.1 Å². The largest absolute Gasteiger partial charge is 0.338 e. The van der Waals surface area contributed by atoms with E-state index in [1.54, 1.807) is 0 Å². The molecule has 1 aliphatic carbocycles. The molecule has 1 saturated carbocycles. The van der Waals surface area contributed by atoms with Crippen molar-refractivity contribution in [3.05, 3.63) is 0 Å². The number of likely N-dealkylation sites (tertiary alicyclic amines) is 1. The first-order valence-electron chi connectivity index (χ1n) is 8.86. The van der Waals surface area contributed by atoms with Crippen LogP contribution in [0.25, 0.3) is 0 Å². The number of nitrogens with zero attached hydrogens (tertiary/aromatic N) is 1. The molecule has 21 heavy (non-hydrogen) atoms. The van der Waals surface area contributed by atoms with Crippen LogP contribution >= 0.6 is 0 Å². The maximum atomic E-state index is 12.9. The molecule has 0 aromatic heterocycles. The number of hydrogen-bond donors (Lipinski definition) is 1. The Morgan fingerprint density at radius 3 is 2.24 bits per heavy atom. The van der Waals surface area contributed by atoms with E-state index in [9.17, 15) is 4.79 Å². The third kappa shape index (κ3) is 4.00. The SMILES string of the molecule is CC(N)C1CCCCN1C(=O)C1CCC(C(C)(C)C)CC1. The Bertz CT molecular complexity index is 351. The van der Waals surface area contributed by atoms with Crippen molar-refractivity contribution in [2.24, 2.45) is 23.0 Å². The first kappa shape index (κ1) is 16.8. The summed E-state index contributed by atoms with van der Waals surface area (Å²) in [6.45, 7) is 9.96. The first-order valence-corrected chi connectivity index (χ1v) is 8.86. The second kappa shape index (κ2) is 6.68. The van der Waals surface area contributed by atoms with Crippen LogP contribution in [0.3, 0.4) is 0 Å². The number of carbonyl (C=O) groups is 1. The standard InChI is InChI=1S/C18H34N2O/c1-13(19)16-7-5-6-12-20(16)17(21)14-8-10-15(11-9-14)18(2,3)4/h13-16H,5-12,19H2,1-4H3. The smallest absolute Gasteiger partial charge is 0.225 e. The van der Waals surface area contributed by atoms with Gasteiger partial charge in [-0.25, -0.2) is 0 Å². The molecule has 1 heterocycles. The third-order valence-corrected chi connectivity index (χ3v) is 5.74. The average Bonchev–Trinajstić information content (AvgIpc) is 2.45. The molecule has 0 radical (unpaired) electrons. The molecule has 2 fully saturated rings. The number of amides is 1. The summed E-state index contributed by atoms with van der Waals surface area (Å²) in [6, 6.07) is 0.367. The molecule has 122 valence electrons. The van der Waals surface area contributed by atoms with E-state index in [1.165, 1.54) is 19.3 Å². The molecule has 2 aliphatic rings. The summed E-state index contributed by atoms with van der Waals surface area (Å²) in [7, 11) is 0. The van der Waals surface area contributed by atoms with Crippen LogP contribution in [-0.4, -0.2) is 29.4 Å². The molecule has 2 N–H and O–H groups in total. The van der Waals surface area contributed by atoms with Gasteiger partial charge in [0.2, 0.25) is 5.91 Å². The van der Waals surface area contributed by atoms with Crippen LogP contribution in [0.5, 0.6) is 0 Å². The predicted octanol–water partition coefficient (Wildman–Crippen LogP) is 3.57. The summed E-state index contributed by atoms with van der Waals surface area (Å²) in [6.07, 6.45) is 8.00. The normalized spacial score (nSPS) is 32.8. The van der Waals surface area contributed by atoms with Crippen LogP contribution in [0.4, 0.5) is 0 Å². The highest BCUT2D eigenvalue weighted by Crippen LogP contribution is 2.40. The van der Waals surface area contributed by atoms with Crippen molar-refractivity contribution in [2.45, 2.75) is 84.7 Å². The maximum Gasteiger partial charge on any atom is 0.225 e. The predicted molar refractivity (Wildman–Crippen MR) is 87.9 cm³/mol. The lowest BCUT2D eigenvalue weighted by Crippen LogP contribution is -2.53. The number of rotatable bonds is 2. The lowest BCUT2D eigenvalue weighted by Gasteiger charge is -2.42. The van der Waals surface area contributed by atoms with Crippen molar-refractivity contribution in [1.82, 2.24) is 4.90 Å². The van der Waals surface area contributed by atoms with Crippen molar-refractivity contribution in [2.75, 3.05) is 6.54 Å². The van der Waals surface area contributed by atoms with Crippen LogP contribution in [0.2, 0.25) is 0 Å². The first-order chi connectivity index (χ1) is 9.80. The van der Waals surface area contributed by atoms with Crippen molar-refractivity contribution in [3.8, 4) is 0 Å². The van der Waals surface area contributed by atoms with Crippen molar-refractivity contribution < 1.29 is 4.79 Å². The minimum atomic E-state index is 0.0974. The van der Waals surface area contributed by atoms with E-state index in [0.29, 0.717) is 11.3 Å². The van der Waals surface area contributed by atoms with Gasteiger partial charge in [-0.15, -0.1) is 0 Å². The molecule has 3 heteroatoms. The maximum absolute atomic E-state index is 12.9. The van der Waals surface area contributed by atoms with Gasteiger partial charge in [-0.1, -0.05) is 20.8 Å². The van der Waals surface area contributed by atoms with Gasteiger partial charge in [0, 0.05) is 24.5 Å². The minimum Gasteiger partial charge on any atom is -0.338 e. The zero-order valence-electron chi connectivity index (χ0n) is 14.4. The average molecular weight is 294 g/mol. The van der Waals surface area contributed by atoms with Crippen LogP contribution in [0.1, 0.15) is 72.6 Å². The Morgan fingerprint density at radius 1 is 1.10 bits per heavy atom. The molecule has 2 rings (SSSR count). The van der Waals surface area contributed by atoms with E-state index >= 15 is 0 Å². The van der Waals surface area contributed by atoms with Gasteiger partial charge < -0.3 is 10.6 Å². The van der Waals surface area contributed by atoms with E-state index < -0.39 is 0 Å². The Kier molecular flexibility index (Phi) is 5.34. The van der Waals surface area contributed by atoms with Gasteiger partial charge >= 0.3 is 0 Å². The quantitative estimate of drug-likeness (QED) is 0.846. The van der Waals surface area contributed by atoms with Crippen LogP contribution in [0, 0.1) is 17.3 Å². The fourth-order valence-electron chi connectivity index (χ4n) is 4.22. The van der Waals surface area contributed by atoms with Gasteiger partial charge in [0.15, 0.2) is 0 Å². The molecule has 0 bridgehead atoms. The molecule has 1 aliphatic heterocycles. The second-order valence-electron chi connectivity index (χ2n) is 8.37. The lowest BCUT2D eigenvalue weighted by atomic mass is 9.69. The summed E-state index contributed by atoms with van der Waals surface area (Å²) < 4.78 is 0. The van der Waals surface area contributed by atoms with Crippen LogP contribution in [-0.2, 0) is 4.79 Å². The summed E-state index contributed by atoms with van der Waals surface area (Å²) in [5.41, 5.74) is 6.49. The highest BCUT2D eigenvalue weighted by atomic mass is 16.2. The molecular formula is C18H34N2O. The number of hydrogen-bond acceptors (Lipinski definition) is 2. The van der Waals surface area contributed by atoms with Crippen LogP contribution in [0.15, 0.2) is 0 Å². The van der Waals surface area contributed by atoms with Gasteiger partial charge in [0.1, 0.15) is 0 Å². The summed E-state index contributed by atoms with van der Waals surface area (Å²) in [5.74, 6) is 1.42. The lowest BCUT2D eigenvalue weighted by molar-refractivity contribution is -0.141. The Labute approximate surface area is 130 Å². The molecule has 0 aromatic carbocycles. The molecule has 3 nitrogen and oxygen atoms in total. The Balaban J connectivity index is 1.94. The molecule has 0 aromatic rings. The molecule has 0 spiro atoms. The monoisotopic (exact) mass is 294 g/mol. The second-order valence-corrected chi connectivity index (χ2v) is 8.37. The molecule has 2 unspecified atom stereocenters. The van der Waals surface area contributed by atoms with Gasteiger partial charge in [-0.05, 0) is 63.2 Å². The van der Waals surface area contributed by atoms with E-state index in [2.05, 4.69) is 25.7 Å². The number of piperidine rings is 1. The Hall–Kier alpha value is -0.570. The zero-order chi connectivity index (χ0) is 15.6. The van der Waals surface area contributed by atoms with E-state index in [1.807, 2.05) is 6.92 Å². The highest BCUT2D eigenvalue weighted by molar-refractivity contribution is 5.79. The zero-order valence-corrected chi connectivity index (χ0v) is 14.4. The van der Waals surface area contributed by atoms with Crippen molar-refractivity contribution in [1.29, 1.82) is 0 Å². The summed E-state index contributed by atoms with van der Waals surface area (Å²) >= 11 is 0. The fourth-order valence-corrected chi connectivity index (χ4v) is 4.22. The summed E-state index contributed by atoms with van der Waals surface area (Å²) in [4.78, 5) is 15.0. The van der Waals surface area contributed by atoms with Crippen molar-refractivity contribution in [3.63, 3.8) is 0 Å². The number of nitrogens with two attached hydrogens (primary N) is 1. The topological polar surface area (TPSA) is 46.3 Å². The highest BCUT2D eigenvalue weighted by Gasteiger charge is 2.37. The Morgan fingerprint density at radius 2 is 1.71 bits per heavy atom. The van der Waals surface area contributed by atoms with Crippen molar-refractivity contribution >= 4 is 5.91 Å². The van der Waals surface area contributed by atoms with Crippen LogP contribution < -0.4 is 5.73 Å². The third-order valence-electron chi connectivity index (χ3n) is 5.74. The number of carbonyl (C=O) groups excluding carboxylic acids is 1. The molecule has 2 atom stereocenters. The van der Waals surface area contributed by atoms with Gasteiger partial charge in [-0.3, -0.25) is 4.79 Å². The van der Waals surface area contributed by atoms with Gasteiger partial charge in [0.05, 0.1) is 0 Å². The minimum absolute atomic E-state index is 0.0974. The fraction of sp³-hybridized carbons (Fsp3) is 0.944. The van der Waals surface area contributed by atoms with Gasteiger partial charge in [-0.2, -0.15) is 0 Å². The molecular weight excluding hydrogens is 260 g/mol. The van der Waals surface area contributed by atoms with E-state index in [4.69, 9.17) is 5.73 Å². The van der Waals surface area contributed by atoms with Gasteiger partial charge in [0.25, 0.3) is 0 Å². The molecule has 1 saturated heterocycles. The molecule has 1 amide bonds.